The molecule has 1 heterocycles. The third-order valence-electron chi connectivity index (χ3n) is 12.0. The number of carboxylic acids is 1. The fourth-order valence-corrected chi connectivity index (χ4v) is 8.68. The number of carbonyl (C=O) groups excluding carboxylic acids is 2. The van der Waals surface area contributed by atoms with Crippen LogP contribution in [-0.2, 0) is 25.2 Å². The third kappa shape index (κ3) is 5.63. The van der Waals surface area contributed by atoms with Crippen LogP contribution in [0, 0.1) is 5.92 Å². The molecule has 1 N–H and O–H groups in total. The minimum Gasteiger partial charge on any atom is -0.493 e. The quantitative estimate of drug-likeness (QED) is 0.0969. The predicted octanol–water partition coefficient (Wildman–Crippen LogP) is 8.07. The number of fused-ring (bicyclic) bond motifs is 2. The van der Waals surface area contributed by atoms with E-state index in [9.17, 15) is 14.7 Å². The van der Waals surface area contributed by atoms with E-state index in [1.165, 1.54) is 20.2 Å². The van der Waals surface area contributed by atoms with Crippen molar-refractivity contribution in [2.24, 2.45) is 5.92 Å². The van der Waals surface area contributed by atoms with Gasteiger partial charge in [0.2, 0.25) is 6.79 Å². The number of aliphatic carboxylic acids is 1. The van der Waals surface area contributed by atoms with Crippen LogP contribution in [0.4, 0.5) is 0 Å². The molecule has 52 heavy (non-hydrogen) atoms. The number of pyridine rings is 1. The molecule has 4 aromatic carbocycles. The zero-order chi connectivity index (χ0) is 36.8. The number of hydrogen-bond donors (Lipinski definition) is 1. The van der Waals surface area contributed by atoms with Gasteiger partial charge in [-0.2, -0.15) is 0 Å². The Morgan fingerprint density at radius 2 is 1.37 bits per heavy atom. The molecule has 9 nitrogen and oxygen atoms in total. The Labute approximate surface area is 303 Å². The van der Waals surface area contributed by atoms with Gasteiger partial charge in [-0.25, -0.2) is 9.78 Å². The van der Waals surface area contributed by atoms with E-state index >= 15 is 4.79 Å². The van der Waals surface area contributed by atoms with Crippen molar-refractivity contribution < 1.29 is 33.7 Å². The van der Waals surface area contributed by atoms with Crippen molar-refractivity contribution in [3.63, 3.8) is 0 Å². The maximum atomic E-state index is 15.5. The van der Waals surface area contributed by atoms with Gasteiger partial charge in [-0.3, -0.25) is 9.59 Å². The molecule has 7 rings (SSSR count). The van der Waals surface area contributed by atoms with Crippen molar-refractivity contribution >= 4 is 39.4 Å². The second kappa shape index (κ2) is 13.3. The standard InChI is InChI=1S/C43H44N2O7/c1-27(42(21-22-42)34-18-10-14-30-12-6-8-16-32(30)34)41(4,40(48)49)45(39(47)37-38(52-26-51-29(3)46)36(50-5)20-25-44-37)28(2)43(23-24-43)35-19-11-15-31-13-7-9-17-33(31)35/h6-20,25,27-28H,21-24,26H2,1-5H3,(H,48,49)/t27-,28+,41-/m1/s1. The highest BCUT2D eigenvalue weighted by Crippen LogP contribution is 2.61. The Hall–Kier alpha value is -5.44. The highest BCUT2D eigenvalue weighted by atomic mass is 16.7. The first-order chi connectivity index (χ1) is 25.0. The average Bonchev–Trinajstić information content (AvgIpc) is 4.10. The maximum absolute atomic E-state index is 15.5. The van der Waals surface area contributed by atoms with Gasteiger partial charge in [0.25, 0.3) is 5.91 Å². The smallest absolute Gasteiger partial charge is 0.329 e. The number of rotatable bonds is 13. The molecule has 2 fully saturated rings. The molecule has 0 saturated heterocycles. The molecular formula is C43H44N2O7. The summed E-state index contributed by atoms with van der Waals surface area (Å²) in [5.41, 5.74) is -0.703. The van der Waals surface area contributed by atoms with E-state index in [1.807, 2.05) is 50.2 Å². The van der Waals surface area contributed by atoms with E-state index in [-0.39, 0.29) is 17.2 Å². The van der Waals surface area contributed by atoms with Gasteiger partial charge in [-0.1, -0.05) is 91.9 Å². The molecule has 1 amide bonds. The first kappa shape index (κ1) is 35.0. The highest BCUT2D eigenvalue weighted by Gasteiger charge is 2.64. The number of carboxylic acid groups (broad SMARTS) is 1. The topological polar surface area (TPSA) is 115 Å². The number of benzene rings is 4. The second-order valence-electron chi connectivity index (χ2n) is 14.5. The average molecular weight is 701 g/mol. The molecule has 3 atom stereocenters. The minimum absolute atomic E-state index is 0.0287. The van der Waals surface area contributed by atoms with E-state index < -0.39 is 53.0 Å². The van der Waals surface area contributed by atoms with Crippen molar-refractivity contribution in [3.05, 3.63) is 114 Å². The summed E-state index contributed by atoms with van der Waals surface area (Å²) in [6, 6.07) is 29.7. The summed E-state index contributed by atoms with van der Waals surface area (Å²) in [4.78, 5) is 47.3. The molecule has 2 saturated carbocycles. The van der Waals surface area contributed by atoms with Gasteiger partial charge in [0.15, 0.2) is 17.2 Å². The predicted molar refractivity (Wildman–Crippen MR) is 199 cm³/mol. The van der Waals surface area contributed by atoms with Crippen LogP contribution in [0.2, 0.25) is 0 Å². The lowest BCUT2D eigenvalue weighted by Crippen LogP contribution is -2.65. The molecule has 9 heteroatoms. The summed E-state index contributed by atoms with van der Waals surface area (Å²) in [6.45, 7) is 6.41. The molecule has 5 aromatic rings. The first-order valence-corrected chi connectivity index (χ1v) is 17.8. The summed E-state index contributed by atoms with van der Waals surface area (Å²) in [7, 11) is 1.44. The molecular weight excluding hydrogens is 656 g/mol. The molecule has 0 bridgehead atoms. The van der Waals surface area contributed by atoms with E-state index in [0.717, 1.165) is 58.4 Å². The van der Waals surface area contributed by atoms with E-state index in [2.05, 4.69) is 53.5 Å². The Kier molecular flexibility index (Phi) is 8.93. The number of esters is 1. The molecule has 2 aliphatic carbocycles. The monoisotopic (exact) mass is 700 g/mol. The van der Waals surface area contributed by atoms with E-state index in [0.29, 0.717) is 0 Å². The Balaban J connectivity index is 1.41. The van der Waals surface area contributed by atoms with Gasteiger partial charge >= 0.3 is 11.9 Å². The number of methoxy groups -OCH3 is 1. The number of amides is 1. The lowest BCUT2D eigenvalue weighted by molar-refractivity contribution is -0.155. The zero-order valence-electron chi connectivity index (χ0n) is 30.2. The summed E-state index contributed by atoms with van der Waals surface area (Å²) in [5, 5.41) is 15.9. The van der Waals surface area contributed by atoms with Crippen LogP contribution in [0.15, 0.2) is 97.2 Å². The van der Waals surface area contributed by atoms with Crippen LogP contribution >= 0.6 is 0 Å². The SMILES string of the molecule is COc1ccnc(C(=O)N([C@@H](C)C2(c3cccc4ccccc34)CC2)[C@@](C)(C(=O)O)[C@@H](C)C2(c3cccc4ccccc34)CC2)c1OCOC(C)=O. The van der Waals surface area contributed by atoms with E-state index in [4.69, 9.17) is 14.2 Å². The zero-order valence-corrected chi connectivity index (χ0v) is 30.2. The molecule has 0 radical (unpaired) electrons. The summed E-state index contributed by atoms with van der Waals surface area (Å²) < 4.78 is 16.5. The van der Waals surface area contributed by atoms with Gasteiger partial charge in [-0.05, 0) is 78.1 Å². The lowest BCUT2D eigenvalue weighted by atomic mass is 9.69. The summed E-state index contributed by atoms with van der Waals surface area (Å²) in [6.07, 6.45) is 4.54. The van der Waals surface area contributed by atoms with Gasteiger partial charge in [0, 0.05) is 36.1 Å². The normalized spacial score (nSPS) is 17.7. The van der Waals surface area contributed by atoms with Crippen molar-refractivity contribution in [1.29, 1.82) is 0 Å². The number of aromatic nitrogens is 1. The van der Waals surface area contributed by atoms with Crippen LogP contribution in [0.1, 0.15) is 75.0 Å². The Bertz CT molecular complexity index is 2180. The second-order valence-corrected chi connectivity index (χ2v) is 14.5. The van der Waals surface area contributed by atoms with Gasteiger partial charge in [-0.15, -0.1) is 0 Å². The Morgan fingerprint density at radius 3 is 1.88 bits per heavy atom. The van der Waals surface area contributed by atoms with Crippen LogP contribution in [0.5, 0.6) is 11.5 Å². The summed E-state index contributed by atoms with van der Waals surface area (Å²) >= 11 is 0. The van der Waals surface area contributed by atoms with Crippen molar-refractivity contribution in [2.75, 3.05) is 13.9 Å². The molecule has 268 valence electrons. The fraction of sp³-hybridized carbons (Fsp3) is 0.349. The molecule has 0 spiro atoms. The first-order valence-electron chi connectivity index (χ1n) is 17.8. The van der Waals surface area contributed by atoms with Crippen LogP contribution in [0.3, 0.4) is 0 Å². The molecule has 2 aliphatic rings. The minimum atomic E-state index is -1.72. The van der Waals surface area contributed by atoms with Crippen molar-refractivity contribution in [1.82, 2.24) is 9.88 Å². The number of ether oxygens (including phenoxy) is 3. The maximum Gasteiger partial charge on any atom is 0.329 e. The van der Waals surface area contributed by atoms with Crippen LogP contribution < -0.4 is 9.47 Å². The van der Waals surface area contributed by atoms with Gasteiger partial charge in [0.05, 0.1) is 7.11 Å². The number of carbonyl (C=O) groups is 3. The molecule has 1 aromatic heterocycles. The van der Waals surface area contributed by atoms with Crippen molar-refractivity contribution in [3.8, 4) is 11.5 Å². The highest BCUT2D eigenvalue weighted by molar-refractivity contribution is 6.00. The van der Waals surface area contributed by atoms with E-state index in [1.54, 1.807) is 17.9 Å². The fourth-order valence-electron chi connectivity index (χ4n) is 8.68. The van der Waals surface area contributed by atoms with Gasteiger partial charge < -0.3 is 24.2 Å². The largest absolute Gasteiger partial charge is 0.493 e. The summed E-state index contributed by atoms with van der Waals surface area (Å²) in [5.74, 6) is -2.64. The number of nitrogens with zero attached hydrogens (tertiary/aromatic N) is 2. The van der Waals surface area contributed by atoms with Crippen molar-refractivity contribution in [2.45, 2.75) is 75.8 Å². The lowest BCUT2D eigenvalue weighted by Gasteiger charge is -2.50. The van der Waals surface area contributed by atoms with Crippen LogP contribution in [-0.4, -0.2) is 58.3 Å². The molecule has 0 aliphatic heterocycles. The van der Waals surface area contributed by atoms with Crippen LogP contribution in [0.25, 0.3) is 21.5 Å². The number of hydrogen-bond acceptors (Lipinski definition) is 7. The Morgan fingerprint density at radius 1 is 0.827 bits per heavy atom. The van der Waals surface area contributed by atoms with Gasteiger partial charge in [0.1, 0.15) is 5.54 Å². The third-order valence-corrected chi connectivity index (χ3v) is 12.0. The molecule has 0 unspecified atom stereocenters.